The average molecular weight is 413 g/mol. The summed E-state index contributed by atoms with van der Waals surface area (Å²) in [6.07, 6.45) is 0.568. The van der Waals surface area contributed by atoms with Crippen molar-refractivity contribution in [3.63, 3.8) is 0 Å². The van der Waals surface area contributed by atoms with Crippen LogP contribution >= 0.6 is 0 Å². The van der Waals surface area contributed by atoms with E-state index in [1.807, 2.05) is 30.3 Å². The van der Waals surface area contributed by atoms with Crippen LogP contribution in [0.5, 0.6) is 5.75 Å². The van der Waals surface area contributed by atoms with Gasteiger partial charge in [-0.2, -0.15) is 5.10 Å². The number of carbonyl (C=O) groups is 2. The molecule has 160 valence electrons. The maximum Gasteiger partial charge on any atom is 0.408 e. The second-order valence-electron chi connectivity index (χ2n) is 7.49. The van der Waals surface area contributed by atoms with Gasteiger partial charge in [-0.3, -0.25) is 4.79 Å². The predicted molar refractivity (Wildman–Crippen MR) is 113 cm³/mol. The molecule has 0 bridgehead atoms. The van der Waals surface area contributed by atoms with Gasteiger partial charge in [0, 0.05) is 5.56 Å². The van der Waals surface area contributed by atoms with E-state index in [-0.39, 0.29) is 19.0 Å². The molecule has 2 aromatic carbocycles. The molecule has 2 rings (SSSR count). The van der Waals surface area contributed by atoms with Crippen LogP contribution in [-0.4, -0.2) is 41.6 Å². The highest BCUT2D eigenvalue weighted by Gasteiger charge is 2.24. The molecule has 0 fully saturated rings. The Kier molecular flexibility index (Phi) is 8.37. The molecule has 0 spiro atoms. The van der Waals surface area contributed by atoms with Gasteiger partial charge in [-0.15, -0.1) is 0 Å². The van der Waals surface area contributed by atoms with Crippen LogP contribution in [0, 0.1) is 0 Å². The summed E-state index contributed by atoms with van der Waals surface area (Å²) in [6, 6.07) is 15.0. The van der Waals surface area contributed by atoms with Gasteiger partial charge in [0.1, 0.15) is 17.4 Å². The van der Waals surface area contributed by atoms with Crippen LogP contribution in [-0.2, 0) is 20.9 Å². The van der Waals surface area contributed by atoms with Crippen LogP contribution in [0.2, 0.25) is 0 Å². The number of alkyl carbamates (subject to hydrolysis) is 1. The van der Waals surface area contributed by atoms with Crippen molar-refractivity contribution < 1.29 is 24.2 Å². The number of phenols is 1. The largest absolute Gasteiger partial charge is 0.507 e. The summed E-state index contributed by atoms with van der Waals surface area (Å²) in [5.74, 6) is -0.550. The van der Waals surface area contributed by atoms with E-state index >= 15 is 0 Å². The number of hydrogen-bond acceptors (Lipinski definition) is 6. The summed E-state index contributed by atoms with van der Waals surface area (Å²) in [5, 5.41) is 16.1. The maximum absolute atomic E-state index is 12.5. The van der Waals surface area contributed by atoms with E-state index < -0.39 is 23.6 Å². The molecule has 1 unspecified atom stereocenters. The van der Waals surface area contributed by atoms with Crippen LogP contribution in [0.25, 0.3) is 0 Å². The quantitative estimate of drug-likeness (QED) is 0.455. The van der Waals surface area contributed by atoms with E-state index in [1.54, 1.807) is 39.0 Å². The number of hydrazone groups is 1. The first kappa shape index (κ1) is 22.9. The SMILES string of the molecule is CC(C)(C)OC(=O)NC(COCc1ccccc1)C(=O)N/N=C/c1ccccc1O. The van der Waals surface area contributed by atoms with E-state index in [1.165, 1.54) is 12.3 Å². The molecule has 2 aromatic rings. The minimum absolute atomic E-state index is 0.0325. The number of nitrogens with zero attached hydrogens (tertiary/aromatic N) is 1. The van der Waals surface area contributed by atoms with Crippen LogP contribution in [0.1, 0.15) is 31.9 Å². The van der Waals surface area contributed by atoms with Crippen LogP contribution < -0.4 is 10.7 Å². The lowest BCUT2D eigenvalue weighted by molar-refractivity contribution is -0.124. The minimum atomic E-state index is -1.02. The van der Waals surface area contributed by atoms with Gasteiger partial charge in [-0.1, -0.05) is 42.5 Å². The molecule has 8 heteroatoms. The number of benzene rings is 2. The molecule has 30 heavy (non-hydrogen) atoms. The fourth-order valence-corrected chi connectivity index (χ4v) is 2.34. The third kappa shape index (κ3) is 8.32. The van der Waals surface area contributed by atoms with Crippen molar-refractivity contribution in [3.05, 3.63) is 65.7 Å². The van der Waals surface area contributed by atoms with Crippen molar-refractivity contribution in [2.45, 2.75) is 39.0 Å². The summed E-state index contributed by atoms with van der Waals surface area (Å²) < 4.78 is 10.8. The molecule has 0 aliphatic heterocycles. The molecule has 0 radical (unpaired) electrons. The number of hydrogen-bond donors (Lipinski definition) is 3. The zero-order valence-electron chi connectivity index (χ0n) is 17.3. The number of rotatable bonds is 8. The smallest absolute Gasteiger partial charge is 0.408 e. The Bertz CT molecular complexity index is 863. The zero-order valence-corrected chi connectivity index (χ0v) is 17.3. The highest BCUT2D eigenvalue weighted by atomic mass is 16.6. The van der Waals surface area contributed by atoms with Crippen molar-refractivity contribution in [2.24, 2.45) is 5.10 Å². The highest BCUT2D eigenvalue weighted by molar-refractivity contribution is 5.88. The van der Waals surface area contributed by atoms with Gasteiger partial charge in [0.15, 0.2) is 0 Å². The van der Waals surface area contributed by atoms with Gasteiger partial charge in [-0.05, 0) is 38.5 Å². The summed E-state index contributed by atoms with van der Waals surface area (Å²) in [4.78, 5) is 24.6. The number of carbonyl (C=O) groups excluding carboxylic acids is 2. The van der Waals surface area contributed by atoms with Crippen LogP contribution in [0.4, 0.5) is 4.79 Å². The van der Waals surface area contributed by atoms with Crippen molar-refractivity contribution >= 4 is 18.2 Å². The minimum Gasteiger partial charge on any atom is -0.507 e. The van der Waals surface area contributed by atoms with Crippen LogP contribution in [0.15, 0.2) is 59.7 Å². The topological polar surface area (TPSA) is 109 Å². The number of para-hydroxylation sites is 1. The first-order valence-electron chi connectivity index (χ1n) is 9.47. The van der Waals surface area contributed by atoms with Gasteiger partial charge in [0.25, 0.3) is 5.91 Å². The molecule has 0 saturated carbocycles. The van der Waals surface area contributed by atoms with Crippen molar-refractivity contribution in [1.29, 1.82) is 0 Å². The molecule has 1 atom stereocenters. The molecule has 0 heterocycles. The molecule has 2 amide bonds. The Labute approximate surface area is 175 Å². The third-order valence-corrected chi connectivity index (χ3v) is 3.72. The number of phenolic OH excluding ortho intramolecular Hbond substituents is 1. The zero-order chi connectivity index (χ0) is 22.0. The lowest BCUT2D eigenvalue weighted by Crippen LogP contribution is -2.49. The van der Waals surface area contributed by atoms with E-state index in [0.717, 1.165) is 5.56 Å². The Hall–Kier alpha value is -3.39. The van der Waals surface area contributed by atoms with Gasteiger partial charge in [-0.25, -0.2) is 10.2 Å². The molecular formula is C22H27N3O5. The Morgan fingerprint density at radius 1 is 1.10 bits per heavy atom. The lowest BCUT2D eigenvalue weighted by Gasteiger charge is -2.22. The third-order valence-electron chi connectivity index (χ3n) is 3.72. The average Bonchev–Trinajstić information content (AvgIpc) is 2.68. The first-order valence-corrected chi connectivity index (χ1v) is 9.47. The summed E-state index contributed by atoms with van der Waals surface area (Å²) in [5.41, 5.74) is 3.01. The van der Waals surface area contributed by atoms with Crippen molar-refractivity contribution in [1.82, 2.24) is 10.7 Å². The van der Waals surface area contributed by atoms with Gasteiger partial charge >= 0.3 is 6.09 Å². The molecular weight excluding hydrogens is 386 g/mol. The normalized spacial score (nSPS) is 12.4. The van der Waals surface area contributed by atoms with E-state index in [2.05, 4.69) is 15.8 Å². The fraction of sp³-hybridized carbons (Fsp3) is 0.318. The Morgan fingerprint density at radius 2 is 1.77 bits per heavy atom. The fourth-order valence-electron chi connectivity index (χ4n) is 2.34. The highest BCUT2D eigenvalue weighted by Crippen LogP contribution is 2.12. The summed E-state index contributed by atoms with van der Waals surface area (Å²) in [6.45, 7) is 5.38. The van der Waals surface area contributed by atoms with Gasteiger partial charge < -0.3 is 19.9 Å². The van der Waals surface area contributed by atoms with Crippen molar-refractivity contribution in [3.8, 4) is 5.75 Å². The molecule has 8 nitrogen and oxygen atoms in total. The predicted octanol–water partition coefficient (Wildman–Crippen LogP) is 2.95. The standard InChI is InChI=1S/C22H27N3O5/c1-22(2,3)30-21(28)24-18(15-29-14-16-9-5-4-6-10-16)20(27)25-23-13-17-11-7-8-12-19(17)26/h4-13,18,26H,14-15H2,1-3H3,(H,24,28)(H,25,27)/b23-13+. The second kappa shape index (κ2) is 11.0. The molecule has 3 N–H and O–H groups in total. The maximum atomic E-state index is 12.5. The number of amides is 2. The first-order chi connectivity index (χ1) is 14.2. The molecule has 0 aliphatic carbocycles. The lowest BCUT2D eigenvalue weighted by atomic mass is 10.2. The van der Waals surface area contributed by atoms with Gasteiger partial charge in [0.05, 0.1) is 19.4 Å². The monoisotopic (exact) mass is 413 g/mol. The molecule has 0 aliphatic rings. The Morgan fingerprint density at radius 3 is 2.43 bits per heavy atom. The van der Waals surface area contributed by atoms with E-state index in [9.17, 15) is 14.7 Å². The van der Waals surface area contributed by atoms with Gasteiger partial charge in [0.2, 0.25) is 0 Å². The van der Waals surface area contributed by atoms with E-state index in [0.29, 0.717) is 5.56 Å². The number of nitrogens with one attached hydrogen (secondary N) is 2. The number of ether oxygens (including phenoxy) is 2. The second-order valence-corrected chi connectivity index (χ2v) is 7.49. The van der Waals surface area contributed by atoms with Crippen LogP contribution in [0.3, 0.4) is 0 Å². The molecule has 0 aromatic heterocycles. The van der Waals surface area contributed by atoms with Crippen molar-refractivity contribution in [2.75, 3.05) is 6.61 Å². The number of aromatic hydroxyl groups is 1. The summed E-state index contributed by atoms with van der Waals surface area (Å²) in [7, 11) is 0. The van der Waals surface area contributed by atoms with E-state index in [4.69, 9.17) is 9.47 Å². The Balaban J connectivity index is 1.98. The molecule has 0 saturated heterocycles. The summed E-state index contributed by atoms with van der Waals surface area (Å²) >= 11 is 0.